The summed E-state index contributed by atoms with van der Waals surface area (Å²) in [5.74, 6) is 1.23. The molecule has 1 N–H and O–H groups in total. The fourth-order valence-corrected chi connectivity index (χ4v) is 4.68. The van der Waals surface area contributed by atoms with Gasteiger partial charge in [0.05, 0.1) is 18.3 Å². The van der Waals surface area contributed by atoms with Crippen LogP contribution in [0.25, 0.3) is 21.3 Å². The van der Waals surface area contributed by atoms with Crippen molar-refractivity contribution < 1.29 is 14.3 Å². The lowest BCUT2D eigenvalue weighted by atomic mass is 10.1. The van der Waals surface area contributed by atoms with Gasteiger partial charge in [0.1, 0.15) is 17.5 Å². The Morgan fingerprint density at radius 1 is 1.18 bits per heavy atom. The predicted molar refractivity (Wildman–Crippen MR) is 128 cm³/mol. The maximum absolute atomic E-state index is 13.1. The second-order valence-electron chi connectivity index (χ2n) is 7.99. The standard InChI is InChI=1S/C25H23N3O4S/c1-16-6-8-17(9-7-16)19-14-33-24-23(19)25(30)28(15-27-24)11-10-22(29)26-12-18-13-31-20-4-2-3-5-21(20)32-18/h2-9,14-15,18H,10-13H2,1H3,(H,26,29)/t18-/m0/s1. The van der Waals surface area contributed by atoms with Crippen LogP contribution in [0.5, 0.6) is 11.5 Å². The van der Waals surface area contributed by atoms with Crippen LogP contribution in [0.2, 0.25) is 0 Å². The topological polar surface area (TPSA) is 82.5 Å². The smallest absolute Gasteiger partial charge is 0.262 e. The number of carbonyl (C=O) groups excluding carboxylic acids is 1. The maximum Gasteiger partial charge on any atom is 0.262 e. The van der Waals surface area contributed by atoms with E-state index in [1.54, 1.807) is 0 Å². The molecule has 8 heteroatoms. The second kappa shape index (κ2) is 9.07. The molecule has 4 aromatic rings. The van der Waals surface area contributed by atoms with E-state index in [0.29, 0.717) is 34.9 Å². The SMILES string of the molecule is Cc1ccc(-c2csc3ncn(CCC(=O)NC[C@H]4COc5ccccc5O4)c(=O)c23)cc1. The van der Waals surface area contributed by atoms with E-state index in [1.165, 1.54) is 22.2 Å². The van der Waals surface area contributed by atoms with Gasteiger partial charge in [-0.25, -0.2) is 4.98 Å². The summed E-state index contributed by atoms with van der Waals surface area (Å²) in [6.45, 7) is 2.99. The van der Waals surface area contributed by atoms with Gasteiger partial charge in [0, 0.05) is 23.9 Å². The van der Waals surface area contributed by atoms with Gasteiger partial charge in [-0.15, -0.1) is 11.3 Å². The zero-order valence-corrected chi connectivity index (χ0v) is 18.9. The monoisotopic (exact) mass is 461 g/mol. The molecule has 0 unspecified atom stereocenters. The minimum atomic E-state index is -0.257. The number of nitrogens with one attached hydrogen (secondary N) is 1. The zero-order valence-electron chi connectivity index (χ0n) is 18.1. The molecule has 3 heterocycles. The molecule has 0 saturated carbocycles. The van der Waals surface area contributed by atoms with E-state index in [4.69, 9.17) is 9.47 Å². The summed E-state index contributed by atoms with van der Waals surface area (Å²) in [6, 6.07) is 15.5. The number of carbonyl (C=O) groups is 1. The molecule has 33 heavy (non-hydrogen) atoms. The zero-order chi connectivity index (χ0) is 22.8. The molecule has 7 nitrogen and oxygen atoms in total. The van der Waals surface area contributed by atoms with E-state index >= 15 is 0 Å². The Balaban J connectivity index is 1.23. The van der Waals surface area contributed by atoms with Crippen molar-refractivity contribution in [3.8, 4) is 22.6 Å². The van der Waals surface area contributed by atoms with Gasteiger partial charge in [-0.3, -0.25) is 14.2 Å². The first-order valence-electron chi connectivity index (χ1n) is 10.8. The Morgan fingerprint density at radius 2 is 1.97 bits per heavy atom. The lowest BCUT2D eigenvalue weighted by molar-refractivity contribution is -0.121. The molecule has 1 amide bonds. The number of aryl methyl sites for hydroxylation is 2. The molecule has 168 valence electrons. The number of benzene rings is 2. The summed E-state index contributed by atoms with van der Waals surface area (Å²) in [6.07, 6.45) is 1.43. The summed E-state index contributed by atoms with van der Waals surface area (Å²) in [7, 11) is 0. The highest BCUT2D eigenvalue weighted by atomic mass is 32.1. The highest BCUT2D eigenvalue weighted by Gasteiger charge is 2.21. The molecular weight excluding hydrogens is 438 g/mol. The first-order chi connectivity index (χ1) is 16.1. The summed E-state index contributed by atoms with van der Waals surface area (Å²) in [5.41, 5.74) is 2.89. The molecule has 0 spiro atoms. The third kappa shape index (κ3) is 4.47. The number of nitrogens with zero attached hydrogens (tertiary/aromatic N) is 2. The van der Waals surface area contributed by atoms with Crippen LogP contribution >= 0.6 is 11.3 Å². The van der Waals surface area contributed by atoms with Crippen LogP contribution < -0.4 is 20.3 Å². The number of amides is 1. The Hall–Kier alpha value is -3.65. The van der Waals surface area contributed by atoms with Crippen molar-refractivity contribution >= 4 is 27.5 Å². The highest BCUT2D eigenvalue weighted by molar-refractivity contribution is 7.17. The van der Waals surface area contributed by atoms with Crippen molar-refractivity contribution in [3.63, 3.8) is 0 Å². The highest BCUT2D eigenvalue weighted by Crippen LogP contribution is 2.31. The van der Waals surface area contributed by atoms with Gasteiger partial charge in [0.15, 0.2) is 11.5 Å². The van der Waals surface area contributed by atoms with E-state index in [2.05, 4.69) is 10.3 Å². The Kier molecular flexibility index (Phi) is 5.83. The van der Waals surface area contributed by atoms with Gasteiger partial charge in [-0.1, -0.05) is 42.0 Å². The molecule has 2 aromatic carbocycles. The average Bonchev–Trinajstić information content (AvgIpc) is 3.27. The normalized spacial score (nSPS) is 14.9. The first-order valence-corrected chi connectivity index (χ1v) is 11.7. The molecular formula is C25H23N3O4S. The average molecular weight is 462 g/mol. The van der Waals surface area contributed by atoms with E-state index in [9.17, 15) is 9.59 Å². The summed E-state index contributed by atoms with van der Waals surface area (Å²) in [5, 5.41) is 5.43. The summed E-state index contributed by atoms with van der Waals surface area (Å²) in [4.78, 5) is 30.7. The number of thiophene rings is 1. The molecule has 0 radical (unpaired) electrons. The Bertz CT molecular complexity index is 1360. The first kappa shape index (κ1) is 21.2. The molecule has 1 aliphatic rings. The lowest BCUT2D eigenvalue weighted by Gasteiger charge is -2.26. The number of hydrogen-bond donors (Lipinski definition) is 1. The molecule has 0 fully saturated rings. The number of para-hydroxylation sites is 2. The quantitative estimate of drug-likeness (QED) is 0.473. The van der Waals surface area contributed by atoms with Gasteiger partial charge < -0.3 is 14.8 Å². The Morgan fingerprint density at radius 3 is 2.79 bits per heavy atom. The van der Waals surface area contributed by atoms with Crippen LogP contribution in [0.15, 0.2) is 65.0 Å². The van der Waals surface area contributed by atoms with Crippen LogP contribution in [-0.2, 0) is 11.3 Å². The predicted octanol–water partition coefficient (Wildman–Crippen LogP) is 3.78. The van der Waals surface area contributed by atoms with Crippen LogP contribution in [0, 0.1) is 6.92 Å². The van der Waals surface area contributed by atoms with Crippen molar-refractivity contribution in [2.24, 2.45) is 0 Å². The molecule has 0 bridgehead atoms. The van der Waals surface area contributed by atoms with Gasteiger partial charge in [0.25, 0.3) is 5.56 Å². The van der Waals surface area contributed by atoms with Crippen LogP contribution in [0.4, 0.5) is 0 Å². The van der Waals surface area contributed by atoms with Crippen molar-refractivity contribution in [2.45, 2.75) is 26.0 Å². The van der Waals surface area contributed by atoms with Crippen molar-refractivity contribution in [1.29, 1.82) is 0 Å². The van der Waals surface area contributed by atoms with Gasteiger partial charge in [0.2, 0.25) is 5.91 Å². The number of ether oxygens (including phenoxy) is 2. The number of rotatable bonds is 6. The minimum Gasteiger partial charge on any atom is -0.486 e. The summed E-state index contributed by atoms with van der Waals surface area (Å²) < 4.78 is 13.0. The van der Waals surface area contributed by atoms with Crippen LogP contribution in [-0.4, -0.2) is 34.7 Å². The van der Waals surface area contributed by atoms with Gasteiger partial charge >= 0.3 is 0 Å². The summed E-state index contributed by atoms with van der Waals surface area (Å²) >= 11 is 1.45. The number of fused-ring (bicyclic) bond motifs is 2. The van der Waals surface area contributed by atoms with E-state index in [-0.39, 0.29) is 30.5 Å². The fraction of sp³-hybridized carbons (Fsp3) is 0.240. The fourth-order valence-electron chi connectivity index (χ4n) is 3.77. The number of aromatic nitrogens is 2. The van der Waals surface area contributed by atoms with Crippen molar-refractivity contribution in [2.75, 3.05) is 13.2 Å². The molecule has 0 saturated heterocycles. The largest absolute Gasteiger partial charge is 0.486 e. The van der Waals surface area contributed by atoms with Gasteiger partial charge in [-0.05, 0) is 24.6 Å². The van der Waals surface area contributed by atoms with E-state index < -0.39 is 0 Å². The second-order valence-corrected chi connectivity index (χ2v) is 8.85. The Labute approximate surface area is 194 Å². The van der Waals surface area contributed by atoms with Crippen LogP contribution in [0.1, 0.15) is 12.0 Å². The van der Waals surface area contributed by atoms with Crippen LogP contribution in [0.3, 0.4) is 0 Å². The number of hydrogen-bond acceptors (Lipinski definition) is 6. The molecule has 5 rings (SSSR count). The molecule has 0 aliphatic carbocycles. The van der Waals surface area contributed by atoms with Crippen molar-refractivity contribution in [1.82, 2.24) is 14.9 Å². The third-order valence-corrected chi connectivity index (χ3v) is 6.48. The third-order valence-electron chi connectivity index (χ3n) is 5.60. The molecule has 2 aromatic heterocycles. The lowest BCUT2D eigenvalue weighted by Crippen LogP contribution is -2.41. The molecule has 1 aliphatic heterocycles. The van der Waals surface area contributed by atoms with E-state index in [1.807, 2.05) is 60.8 Å². The van der Waals surface area contributed by atoms with Gasteiger partial charge in [-0.2, -0.15) is 0 Å². The maximum atomic E-state index is 13.1. The molecule has 1 atom stereocenters. The van der Waals surface area contributed by atoms with E-state index in [0.717, 1.165) is 16.7 Å². The minimum absolute atomic E-state index is 0.134. The van der Waals surface area contributed by atoms with Crippen molar-refractivity contribution in [3.05, 3.63) is 76.2 Å².